The number of hydrogen-bond acceptors (Lipinski definition) is 4. The molecule has 2 fully saturated rings. The molecule has 2 saturated heterocycles. The Balaban J connectivity index is 1.40. The Hall–Kier alpha value is -2.54. The third kappa shape index (κ3) is 4.03. The minimum absolute atomic E-state index is 0.116. The van der Waals surface area contributed by atoms with Gasteiger partial charge in [-0.05, 0) is 57.4 Å². The number of amides is 2. The van der Waals surface area contributed by atoms with Gasteiger partial charge in [0.05, 0.1) is 6.61 Å². The van der Waals surface area contributed by atoms with Gasteiger partial charge in [0.15, 0.2) is 0 Å². The van der Waals surface area contributed by atoms with Crippen molar-refractivity contribution < 1.29 is 14.3 Å². The number of carbonyl (C=O) groups excluding carboxylic acids is 2. The van der Waals surface area contributed by atoms with Crippen molar-refractivity contribution in [3.8, 4) is 0 Å². The lowest BCUT2D eigenvalue weighted by molar-refractivity contribution is 0.0378. The largest absolute Gasteiger partial charge is 0.450 e. The van der Waals surface area contributed by atoms with Gasteiger partial charge < -0.3 is 19.5 Å². The number of nitrogens with one attached hydrogen (secondary N) is 1. The quantitative estimate of drug-likeness (QED) is 0.841. The molecule has 4 rings (SSSR count). The number of benzene rings is 1. The van der Waals surface area contributed by atoms with Gasteiger partial charge in [-0.1, -0.05) is 0 Å². The first-order chi connectivity index (χ1) is 14.5. The molecule has 0 spiro atoms. The summed E-state index contributed by atoms with van der Waals surface area (Å²) >= 11 is 0. The number of aryl methyl sites for hydroxylation is 2. The van der Waals surface area contributed by atoms with Crippen LogP contribution in [0.25, 0.3) is 10.9 Å². The molecule has 162 valence electrons. The molecular formula is C23H32N4O3. The molecule has 2 aliphatic heterocycles. The van der Waals surface area contributed by atoms with E-state index < -0.39 is 0 Å². The fourth-order valence-electron chi connectivity index (χ4n) is 4.70. The molecular weight excluding hydrogens is 380 g/mol. The van der Waals surface area contributed by atoms with E-state index in [-0.39, 0.29) is 12.0 Å². The molecule has 1 unspecified atom stereocenters. The summed E-state index contributed by atoms with van der Waals surface area (Å²) in [6.45, 7) is 11.0. The zero-order valence-corrected chi connectivity index (χ0v) is 18.2. The van der Waals surface area contributed by atoms with Gasteiger partial charge in [0.1, 0.15) is 0 Å². The summed E-state index contributed by atoms with van der Waals surface area (Å²) in [5.74, 6) is 0.116. The zero-order valence-electron chi connectivity index (χ0n) is 18.2. The third-order valence-electron chi connectivity index (χ3n) is 6.60. The molecule has 2 aromatic rings. The van der Waals surface area contributed by atoms with Crippen molar-refractivity contribution in [2.45, 2.75) is 39.7 Å². The first-order valence-corrected chi connectivity index (χ1v) is 11.0. The molecule has 0 radical (unpaired) electrons. The lowest BCUT2D eigenvalue weighted by Gasteiger charge is -2.43. The molecule has 0 bridgehead atoms. The molecule has 1 atom stereocenters. The smallest absolute Gasteiger partial charge is 0.409 e. The van der Waals surface area contributed by atoms with Crippen molar-refractivity contribution in [2.75, 3.05) is 45.9 Å². The number of aromatic amines is 1. The van der Waals surface area contributed by atoms with Crippen LogP contribution in [0.3, 0.4) is 0 Å². The van der Waals surface area contributed by atoms with Gasteiger partial charge in [0, 0.05) is 67.5 Å². The van der Waals surface area contributed by atoms with Crippen LogP contribution in [0.5, 0.6) is 0 Å². The van der Waals surface area contributed by atoms with Crippen molar-refractivity contribution in [1.29, 1.82) is 0 Å². The van der Waals surface area contributed by atoms with Gasteiger partial charge in [-0.3, -0.25) is 9.69 Å². The van der Waals surface area contributed by atoms with Gasteiger partial charge >= 0.3 is 6.09 Å². The van der Waals surface area contributed by atoms with Gasteiger partial charge in [0.2, 0.25) is 0 Å². The van der Waals surface area contributed by atoms with Crippen LogP contribution in [0.15, 0.2) is 18.2 Å². The Labute approximate surface area is 178 Å². The van der Waals surface area contributed by atoms with E-state index in [4.69, 9.17) is 4.74 Å². The minimum Gasteiger partial charge on any atom is -0.450 e. The third-order valence-corrected chi connectivity index (χ3v) is 6.60. The Morgan fingerprint density at radius 3 is 2.60 bits per heavy atom. The molecule has 2 aliphatic rings. The number of piperazine rings is 1. The number of hydrogen-bond donors (Lipinski definition) is 1. The second kappa shape index (κ2) is 8.68. The number of fused-ring (bicyclic) bond motifs is 1. The van der Waals surface area contributed by atoms with E-state index in [0.29, 0.717) is 25.7 Å². The number of likely N-dealkylation sites (tertiary alicyclic amines) is 1. The van der Waals surface area contributed by atoms with Crippen molar-refractivity contribution in [2.24, 2.45) is 0 Å². The van der Waals surface area contributed by atoms with Crippen LogP contribution < -0.4 is 0 Å². The van der Waals surface area contributed by atoms with Crippen LogP contribution in [-0.4, -0.2) is 83.6 Å². The average Bonchev–Trinajstić information content (AvgIpc) is 3.06. The Bertz CT molecular complexity index is 930. The average molecular weight is 413 g/mol. The minimum atomic E-state index is -0.219. The fraction of sp³-hybridized carbons (Fsp3) is 0.565. The highest BCUT2D eigenvalue weighted by atomic mass is 16.6. The first-order valence-electron chi connectivity index (χ1n) is 11.0. The van der Waals surface area contributed by atoms with Crippen molar-refractivity contribution in [3.05, 3.63) is 35.0 Å². The number of nitrogens with zero attached hydrogens (tertiary/aromatic N) is 3. The standard InChI is InChI=1S/C23H32N4O3/c1-4-30-23(29)26-12-10-25(11-13-26)19-6-5-9-27(15-19)22(28)18-7-8-21-20(14-18)16(2)17(3)24-21/h7-8,14,19,24H,4-6,9-13,15H2,1-3H3. The maximum Gasteiger partial charge on any atom is 0.409 e. The Morgan fingerprint density at radius 1 is 1.10 bits per heavy atom. The lowest BCUT2D eigenvalue weighted by atomic mass is 10.0. The summed E-state index contributed by atoms with van der Waals surface area (Å²) in [6, 6.07) is 6.32. The van der Waals surface area contributed by atoms with Gasteiger partial charge in [-0.15, -0.1) is 0 Å². The van der Waals surface area contributed by atoms with E-state index in [9.17, 15) is 9.59 Å². The van der Waals surface area contributed by atoms with Crippen molar-refractivity contribution in [1.82, 2.24) is 19.7 Å². The molecule has 1 aromatic heterocycles. The summed E-state index contributed by atoms with van der Waals surface area (Å²) < 4.78 is 5.11. The molecule has 1 N–H and O–H groups in total. The van der Waals surface area contributed by atoms with Crippen LogP contribution in [0.4, 0.5) is 4.79 Å². The second-order valence-electron chi connectivity index (χ2n) is 8.40. The summed E-state index contributed by atoms with van der Waals surface area (Å²) in [5.41, 5.74) is 4.19. The molecule has 1 aromatic carbocycles. The first kappa shape index (κ1) is 20.7. The van der Waals surface area contributed by atoms with Crippen molar-refractivity contribution in [3.63, 3.8) is 0 Å². The number of aromatic nitrogens is 1. The summed E-state index contributed by atoms with van der Waals surface area (Å²) in [7, 11) is 0. The van der Waals surface area contributed by atoms with E-state index in [1.54, 1.807) is 4.90 Å². The number of ether oxygens (including phenoxy) is 1. The molecule has 3 heterocycles. The number of carbonyl (C=O) groups is 2. The lowest BCUT2D eigenvalue weighted by Crippen LogP contribution is -2.56. The van der Waals surface area contributed by atoms with Gasteiger partial charge in [-0.25, -0.2) is 4.79 Å². The highest BCUT2D eigenvalue weighted by Gasteiger charge is 2.31. The topological polar surface area (TPSA) is 68.9 Å². The van der Waals surface area contributed by atoms with Crippen LogP contribution in [-0.2, 0) is 4.74 Å². The zero-order chi connectivity index (χ0) is 21.3. The monoisotopic (exact) mass is 412 g/mol. The Kier molecular flexibility index (Phi) is 5.99. The van der Waals surface area contributed by atoms with E-state index in [1.165, 1.54) is 5.56 Å². The maximum absolute atomic E-state index is 13.2. The van der Waals surface area contributed by atoms with E-state index in [1.807, 2.05) is 30.0 Å². The van der Waals surface area contributed by atoms with E-state index in [0.717, 1.165) is 61.2 Å². The van der Waals surface area contributed by atoms with E-state index in [2.05, 4.69) is 23.7 Å². The predicted molar refractivity (Wildman–Crippen MR) is 117 cm³/mol. The number of rotatable bonds is 3. The van der Waals surface area contributed by atoms with Crippen LogP contribution in [0.2, 0.25) is 0 Å². The molecule has 7 nitrogen and oxygen atoms in total. The second-order valence-corrected chi connectivity index (χ2v) is 8.40. The molecule has 30 heavy (non-hydrogen) atoms. The van der Waals surface area contributed by atoms with Gasteiger partial charge in [0.25, 0.3) is 5.91 Å². The molecule has 0 saturated carbocycles. The predicted octanol–water partition coefficient (Wildman–Crippen LogP) is 3.16. The SMILES string of the molecule is CCOC(=O)N1CCN(C2CCCN(C(=O)c3ccc4[nH]c(C)c(C)c4c3)C2)CC1. The van der Waals surface area contributed by atoms with Crippen LogP contribution >= 0.6 is 0 Å². The molecule has 7 heteroatoms. The number of H-pyrrole nitrogens is 1. The fourth-order valence-corrected chi connectivity index (χ4v) is 4.70. The summed E-state index contributed by atoms with van der Waals surface area (Å²) in [5, 5.41) is 1.13. The van der Waals surface area contributed by atoms with Crippen LogP contribution in [0, 0.1) is 13.8 Å². The molecule has 0 aliphatic carbocycles. The maximum atomic E-state index is 13.2. The highest BCUT2D eigenvalue weighted by Crippen LogP contribution is 2.25. The van der Waals surface area contributed by atoms with Crippen LogP contribution in [0.1, 0.15) is 41.4 Å². The van der Waals surface area contributed by atoms with Gasteiger partial charge in [-0.2, -0.15) is 0 Å². The normalized spacial score (nSPS) is 20.6. The van der Waals surface area contributed by atoms with E-state index >= 15 is 0 Å². The highest BCUT2D eigenvalue weighted by molar-refractivity contribution is 5.99. The summed E-state index contributed by atoms with van der Waals surface area (Å²) in [6.07, 6.45) is 1.89. The summed E-state index contributed by atoms with van der Waals surface area (Å²) in [4.78, 5) is 34.7. The molecule has 2 amide bonds. The Morgan fingerprint density at radius 2 is 1.87 bits per heavy atom. The van der Waals surface area contributed by atoms with Crippen molar-refractivity contribution >= 4 is 22.9 Å². The number of piperidine rings is 1.